The fourth-order valence-electron chi connectivity index (χ4n) is 2.04. The average Bonchev–Trinajstić information content (AvgIpc) is 2.35. The van der Waals surface area contributed by atoms with E-state index in [0.29, 0.717) is 11.1 Å². The number of hydrogen-bond acceptors (Lipinski definition) is 1. The second-order valence-electron chi connectivity index (χ2n) is 4.61. The van der Waals surface area contributed by atoms with E-state index < -0.39 is 0 Å². The van der Waals surface area contributed by atoms with Crippen LogP contribution in [0.4, 0.5) is 4.39 Å². The molecule has 18 heavy (non-hydrogen) atoms. The van der Waals surface area contributed by atoms with Crippen LogP contribution in [0.3, 0.4) is 0 Å². The van der Waals surface area contributed by atoms with E-state index in [0.717, 1.165) is 28.5 Å². The van der Waals surface area contributed by atoms with Crippen LogP contribution < -0.4 is 0 Å². The first-order valence-electron chi connectivity index (χ1n) is 5.86. The Labute approximate surface area is 106 Å². The Hall–Kier alpha value is -1.96. The summed E-state index contributed by atoms with van der Waals surface area (Å²) in [5.41, 5.74) is 5.02. The van der Waals surface area contributed by atoms with Gasteiger partial charge in [-0.3, -0.25) is 4.79 Å². The molecule has 0 N–H and O–H groups in total. The quantitative estimate of drug-likeness (QED) is 0.720. The minimum Gasteiger partial charge on any atom is -0.298 e. The molecular weight excluding hydrogens is 227 g/mol. The molecule has 0 atom stereocenters. The number of benzene rings is 2. The lowest BCUT2D eigenvalue weighted by Crippen LogP contribution is -1.93. The maximum atomic E-state index is 13.6. The molecule has 2 aromatic carbocycles. The van der Waals surface area contributed by atoms with Crippen molar-refractivity contribution in [2.24, 2.45) is 0 Å². The van der Waals surface area contributed by atoms with Crippen LogP contribution in [0.2, 0.25) is 0 Å². The summed E-state index contributed by atoms with van der Waals surface area (Å²) in [6.07, 6.45) is 0.849. The summed E-state index contributed by atoms with van der Waals surface area (Å²) in [5.74, 6) is -0.205. The lowest BCUT2D eigenvalue weighted by Gasteiger charge is -2.10. The van der Waals surface area contributed by atoms with Crippen LogP contribution in [0.15, 0.2) is 30.3 Å². The number of carbonyl (C=O) groups is 1. The van der Waals surface area contributed by atoms with Crippen molar-refractivity contribution in [3.63, 3.8) is 0 Å². The van der Waals surface area contributed by atoms with Crippen LogP contribution in [0.1, 0.15) is 27.0 Å². The average molecular weight is 242 g/mol. The maximum absolute atomic E-state index is 13.6. The van der Waals surface area contributed by atoms with Gasteiger partial charge in [0, 0.05) is 5.56 Å². The monoisotopic (exact) mass is 242 g/mol. The third-order valence-electron chi connectivity index (χ3n) is 3.22. The zero-order chi connectivity index (χ0) is 13.3. The first kappa shape index (κ1) is 12.5. The van der Waals surface area contributed by atoms with E-state index >= 15 is 0 Å². The molecule has 0 heterocycles. The molecule has 0 bridgehead atoms. The first-order valence-corrected chi connectivity index (χ1v) is 5.86. The van der Waals surface area contributed by atoms with Gasteiger partial charge in [-0.15, -0.1) is 0 Å². The van der Waals surface area contributed by atoms with Crippen molar-refractivity contribution in [1.29, 1.82) is 0 Å². The van der Waals surface area contributed by atoms with Gasteiger partial charge in [-0.1, -0.05) is 18.2 Å². The summed E-state index contributed by atoms with van der Waals surface area (Å²) in [4.78, 5) is 10.9. The Kier molecular flexibility index (Phi) is 3.28. The predicted octanol–water partition coefficient (Wildman–Crippen LogP) is 4.23. The van der Waals surface area contributed by atoms with Gasteiger partial charge in [-0.05, 0) is 60.7 Å². The lowest BCUT2D eigenvalue weighted by atomic mass is 9.95. The molecule has 0 fully saturated rings. The zero-order valence-electron chi connectivity index (χ0n) is 10.8. The third kappa shape index (κ3) is 2.19. The minimum atomic E-state index is -0.205. The van der Waals surface area contributed by atoms with Gasteiger partial charge in [0.2, 0.25) is 0 Å². The van der Waals surface area contributed by atoms with Gasteiger partial charge in [0.15, 0.2) is 0 Å². The number of rotatable bonds is 2. The van der Waals surface area contributed by atoms with E-state index in [1.807, 2.05) is 32.0 Å². The van der Waals surface area contributed by atoms with E-state index in [4.69, 9.17) is 0 Å². The number of carbonyl (C=O) groups excluding carboxylic acids is 1. The topological polar surface area (TPSA) is 17.1 Å². The molecule has 2 heteroatoms. The molecule has 2 rings (SSSR count). The van der Waals surface area contributed by atoms with Crippen molar-refractivity contribution >= 4 is 6.29 Å². The second-order valence-corrected chi connectivity index (χ2v) is 4.61. The first-order chi connectivity index (χ1) is 8.52. The molecular formula is C16H15FO. The van der Waals surface area contributed by atoms with Crippen LogP contribution in [0, 0.1) is 26.6 Å². The predicted molar refractivity (Wildman–Crippen MR) is 71.4 cm³/mol. The Balaban J connectivity index is 2.60. The van der Waals surface area contributed by atoms with E-state index in [1.54, 1.807) is 13.0 Å². The summed E-state index contributed by atoms with van der Waals surface area (Å²) >= 11 is 0. The summed E-state index contributed by atoms with van der Waals surface area (Å²) < 4.78 is 13.6. The van der Waals surface area contributed by atoms with Gasteiger partial charge in [0.05, 0.1) is 0 Å². The molecule has 0 aliphatic rings. The fraction of sp³-hybridized carbons (Fsp3) is 0.188. The standard InChI is InChI=1S/C16H15FO/c1-10-4-5-13(8-16(10)17)15-7-11(2)14(9-18)6-12(15)3/h4-9H,1-3H3. The summed E-state index contributed by atoms with van der Waals surface area (Å²) in [7, 11) is 0. The molecule has 0 aliphatic carbocycles. The molecule has 0 saturated carbocycles. The van der Waals surface area contributed by atoms with Crippen LogP contribution in [0.25, 0.3) is 11.1 Å². The highest BCUT2D eigenvalue weighted by Crippen LogP contribution is 2.27. The van der Waals surface area contributed by atoms with Crippen LogP contribution in [-0.2, 0) is 0 Å². The van der Waals surface area contributed by atoms with Crippen molar-refractivity contribution in [3.05, 3.63) is 58.4 Å². The Morgan fingerprint density at radius 1 is 0.944 bits per heavy atom. The van der Waals surface area contributed by atoms with Crippen molar-refractivity contribution < 1.29 is 9.18 Å². The van der Waals surface area contributed by atoms with Gasteiger partial charge in [-0.25, -0.2) is 4.39 Å². The maximum Gasteiger partial charge on any atom is 0.150 e. The molecule has 0 aliphatic heterocycles. The van der Waals surface area contributed by atoms with Crippen LogP contribution >= 0.6 is 0 Å². The van der Waals surface area contributed by atoms with Gasteiger partial charge in [-0.2, -0.15) is 0 Å². The number of hydrogen-bond donors (Lipinski definition) is 0. The summed E-state index contributed by atoms with van der Waals surface area (Å²) in [6, 6.07) is 8.99. The van der Waals surface area contributed by atoms with E-state index in [9.17, 15) is 9.18 Å². The third-order valence-corrected chi connectivity index (χ3v) is 3.22. The van der Waals surface area contributed by atoms with E-state index in [1.165, 1.54) is 6.07 Å². The molecule has 0 radical (unpaired) electrons. The molecule has 1 nitrogen and oxygen atoms in total. The number of aldehydes is 1. The Morgan fingerprint density at radius 3 is 2.28 bits per heavy atom. The smallest absolute Gasteiger partial charge is 0.150 e. The summed E-state index contributed by atoms with van der Waals surface area (Å²) in [5, 5.41) is 0. The molecule has 2 aromatic rings. The fourth-order valence-corrected chi connectivity index (χ4v) is 2.04. The van der Waals surface area contributed by atoms with Crippen molar-refractivity contribution in [2.45, 2.75) is 20.8 Å². The Bertz CT molecular complexity index is 615. The van der Waals surface area contributed by atoms with E-state index in [2.05, 4.69) is 0 Å². The van der Waals surface area contributed by atoms with Crippen LogP contribution in [0.5, 0.6) is 0 Å². The van der Waals surface area contributed by atoms with Gasteiger partial charge >= 0.3 is 0 Å². The Morgan fingerprint density at radius 2 is 1.67 bits per heavy atom. The highest BCUT2D eigenvalue weighted by molar-refractivity contribution is 5.81. The van der Waals surface area contributed by atoms with Crippen LogP contribution in [-0.4, -0.2) is 6.29 Å². The number of halogens is 1. The van der Waals surface area contributed by atoms with Crippen molar-refractivity contribution in [1.82, 2.24) is 0 Å². The molecule has 0 unspecified atom stereocenters. The SMILES string of the molecule is Cc1ccc(-c2cc(C)c(C=O)cc2C)cc1F. The lowest BCUT2D eigenvalue weighted by molar-refractivity contribution is 0.112. The minimum absolute atomic E-state index is 0.205. The van der Waals surface area contributed by atoms with Gasteiger partial charge < -0.3 is 0 Å². The van der Waals surface area contributed by atoms with Gasteiger partial charge in [0.25, 0.3) is 0 Å². The van der Waals surface area contributed by atoms with Gasteiger partial charge in [0.1, 0.15) is 12.1 Å². The van der Waals surface area contributed by atoms with Crippen molar-refractivity contribution in [2.75, 3.05) is 0 Å². The normalized spacial score (nSPS) is 10.4. The van der Waals surface area contributed by atoms with Crippen molar-refractivity contribution in [3.8, 4) is 11.1 Å². The highest BCUT2D eigenvalue weighted by Gasteiger charge is 2.08. The molecule has 0 amide bonds. The molecule has 0 saturated heterocycles. The zero-order valence-corrected chi connectivity index (χ0v) is 10.8. The molecule has 0 aromatic heterocycles. The number of aryl methyl sites for hydroxylation is 3. The molecule has 0 spiro atoms. The second kappa shape index (κ2) is 4.73. The molecule has 92 valence electrons. The van der Waals surface area contributed by atoms with E-state index in [-0.39, 0.29) is 5.82 Å². The largest absolute Gasteiger partial charge is 0.298 e. The summed E-state index contributed by atoms with van der Waals surface area (Å²) in [6.45, 7) is 5.56. The highest BCUT2D eigenvalue weighted by atomic mass is 19.1.